The average Bonchev–Trinajstić information content (AvgIpc) is 3.13. The molecule has 1 amide bonds. The fourth-order valence-corrected chi connectivity index (χ4v) is 3.88. The van der Waals surface area contributed by atoms with Crippen LogP contribution < -0.4 is 5.46 Å². The zero-order chi connectivity index (χ0) is 20.1. The first-order valence-corrected chi connectivity index (χ1v) is 9.96. The van der Waals surface area contributed by atoms with Gasteiger partial charge in [0.15, 0.2) is 0 Å². The number of nitrogens with zero attached hydrogens (tertiary/aromatic N) is 1. The summed E-state index contributed by atoms with van der Waals surface area (Å²) in [5, 5.41) is 0. The molecular weight excluding hydrogens is 349 g/mol. The Hall–Kier alpha value is -2.11. The minimum atomic E-state index is -0.372. The van der Waals surface area contributed by atoms with Gasteiger partial charge in [0.2, 0.25) is 5.91 Å². The Morgan fingerprint density at radius 2 is 1.57 bits per heavy atom. The molecule has 0 unspecified atom stereocenters. The van der Waals surface area contributed by atoms with Gasteiger partial charge < -0.3 is 14.2 Å². The van der Waals surface area contributed by atoms with E-state index in [2.05, 4.69) is 52.8 Å². The third kappa shape index (κ3) is 3.38. The maximum Gasteiger partial charge on any atom is 0.495 e. The number of amides is 1. The van der Waals surface area contributed by atoms with Gasteiger partial charge in [-0.1, -0.05) is 48.0 Å². The summed E-state index contributed by atoms with van der Waals surface area (Å²) < 4.78 is 12.3. The number of carbonyl (C=O) groups is 1. The zero-order valence-corrected chi connectivity index (χ0v) is 17.4. The molecule has 0 radical (unpaired) electrons. The van der Waals surface area contributed by atoms with Crippen LogP contribution in [0.5, 0.6) is 0 Å². The molecule has 0 atom stereocenters. The highest BCUT2D eigenvalue weighted by Crippen LogP contribution is 2.36. The van der Waals surface area contributed by atoms with Crippen LogP contribution in [0.3, 0.4) is 0 Å². The molecule has 0 spiro atoms. The fourth-order valence-electron chi connectivity index (χ4n) is 3.88. The molecule has 1 saturated heterocycles. The molecule has 146 valence electrons. The first-order valence-electron chi connectivity index (χ1n) is 9.96. The van der Waals surface area contributed by atoms with Crippen LogP contribution in [0, 0.1) is 6.92 Å². The summed E-state index contributed by atoms with van der Waals surface area (Å²) in [7, 11) is -0.372. The van der Waals surface area contributed by atoms with Gasteiger partial charge in [-0.2, -0.15) is 0 Å². The van der Waals surface area contributed by atoms with Gasteiger partial charge in [-0.25, -0.2) is 0 Å². The summed E-state index contributed by atoms with van der Waals surface area (Å²) in [5.74, 6) is 0.166. The lowest BCUT2D eigenvalue weighted by atomic mass is 9.75. The third-order valence-electron chi connectivity index (χ3n) is 6.39. The van der Waals surface area contributed by atoms with Crippen LogP contribution in [0.2, 0.25) is 0 Å². The topological polar surface area (TPSA) is 38.8 Å². The number of hydrogen-bond acceptors (Lipinski definition) is 3. The molecule has 5 heteroatoms. The van der Waals surface area contributed by atoms with Crippen molar-refractivity contribution in [3.63, 3.8) is 0 Å². The molecule has 0 saturated carbocycles. The van der Waals surface area contributed by atoms with Crippen molar-refractivity contribution in [3.05, 3.63) is 64.7 Å². The number of fused-ring (bicyclic) bond motifs is 1. The molecule has 4 nitrogen and oxygen atoms in total. The van der Waals surface area contributed by atoms with Gasteiger partial charge in [0.25, 0.3) is 0 Å². The fraction of sp³-hybridized carbons (Fsp3) is 0.435. The Kier molecular flexibility index (Phi) is 4.63. The number of rotatable bonds is 3. The number of carbonyl (C=O) groups excluding carboxylic acids is 1. The van der Waals surface area contributed by atoms with E-state index in [0.717, 1.165) is 16.6 Å². The standard InChI is InChI=1S/C23H28BNO3/c1-16-12-17(10-11-20(16)24-27-22(2,3)23(4,5)28-24)13-21(26)25-14-18-8-6-7-9-19(18)15-25/h6-12H,13-15H2,1-5H3. The van der Waals surface area contributed by atoms with Crippen molar-refractivity contribution < 1.29 is 14.1 Å². The van der Waals surface area contributed by atoms with Gasteiger partial charge >= 0.3 is 7.12 Å². The molecule has 1 fully saturated rings. The van der Waals surface area contributed by atoms with E-state index in [1.165, 1.54) is 11.1 Å². The lowest BCUT2D eigenvalue weighted by Crippen LogP contribution is -2.41. The number of aryl methyl sites for hydroxylation is 1. The zero-order valence-electron chi connectivity index (χ0n) is 17.4. The van der Waals surface area contributed by atoms with E-state index >= 15 is 0 Å². The highest BCUT2D eigenvalue weighted by atomic mass is 16.7. The van der Waals surface area contributed by atoms with E-state index in [-0.39, 0.29) is 24.2 Å². The van der Waals surface area contributed by atoms with Crippen molar-refractivity contribution >= 4 is 18.5 Å². The quantitative estimate of drug-likeness (QED) is 0.770. The van der Waals surface area contributed by atoms with Crippen molar-refractivity contribution in [1.29, 1.82) is 0 Å². The lowest BCUT2D eigenvalue weighted by Gasteiger charge is -2.32. The summed E-state index contributed by atoms with van der Waals surface area (Å²) in [5.41, 5.74) is 4.94. The monoisotopic (exact) mass is 377 g/mol. The lowest BCUT2D eigenvalue weighted by molar-refractivity contribution is -0.131. The van der Waals surface area contributed by atoms with Gasteiger partial charge in [0.05, 0.1) is 17.6 Å². The van der Waals surface area contributed by atoms with Gasteiger partial charge in [-0.3, -0.25) is 4.79 Å². The molecule has 2 heterocycles. The normalized spacial score (nSPS) is 19.8. The van der Waals surface area contributed by atoms with Crippen LogP contribution in [0.15, 0.2) is 42.5 Å². The first kappa shape index (κ1) is 19.2. The van der Waals surface area contributed by atoms with Crippen molar-refractivity contribution in [1.82, 2.24) is 4.90 Å². The summed E-state index contributed by atoms with van der Waals surface area (Å²) in [6.07, 6.45) is 0.415. The van der Waals surface area contributed by atoms with Crippen LogP contribution in [0.25, 0.3) is 0 Å². The van der Waals surface area contributed by atoms with Crippen LogP contribution in [-0.2, 0) is 33.6 Å². The van der Waals surface area contributed by atoms with E-state index in [1.54, 1.807) is 0 Å². The molecule has 0 N–H and O–H groups in total. The Balaban J connectivity index is 1.45. The second-order valence-electron chi connectivity index (χ2n) is 8.97. The van der Waals surface area contributed by atoms with Gasteiger partial charge in [0, 0.05) is 13.1 Å². The molecule has 2 aromatic carbocycles. The van der Waals surface area contributed by atoms with E-state index in [4.69, 9.17) is 9.31 Å². The molecular formula is C23H28BNO3. The van der Waals surface area contributed by atoms with Crippen LogP contribution in [0.1, 0.15) is 49.9 Å². The highest BCUT2D eigenvalue weighted by molar-refractivity contribution is 6.62. The van der Waals surface area contributed by atoms with Crippen LogP contribution >= 0.6 is 0 Å². The Bertz CT molecular complexity index is 881. The van der Waals surface area contributed by atoms with E-state index < -0.39 is 0 Å². The van der Waals surface area contributed by atoms with E-state index in [0.29, 0.717) is 19.5 Å². The predicted octanol–water partition coefficient (Wildman–Crippen LogP) is 3.38. The largest absolute Gasteiger partial charge is 0.495 e. The number of hydrogen-bond donors (Lipinski definition) is 0. The smallest absolute Gasteiger partial charge is 0.399 e. The Morgan fingerprint density at radius 3 is 2.11 bits per heavy atom. The summed E-state index contributed by atoms with van der Waals surface area (Å²) in [6.45, 7) is 11.7. The number of benzene rings is 2. The van der Waals surface area contributed by atoms with Gasteiger partial charge in [-0.05, 0) is 56.8 Å². The minimum Gasteiger partial charge on any atom is -0.399 e. The van der Waals surface area contributed by atoms with Crippen molar-refractivity contribution in [2.45, 2.75) is 65.3 Å². The van der Waals surface area contributed by atoms with E-state index in [1.807, 2.05) is 29.2 Å². The van der Waals surface area contributed by atoms with Gasteiger partial charge in [-0.15, -0.1) is 0 Å². The molecule has 2 aliphatic rings. The second kappa shape index (κ2) is 6.75. The van der Waals surface area contributed by atoms with Crippen molar-refractivity contribution in [2.24, 2.45) is 0 Å². The molecule has 0 aliphatic carbocycles. The molecule has 2 aliphatic heterocycles. The second-order valence-corrected chi connectivity index (χ2v) is 8.97. The van der Waals surface area contributed by atoms with Crippen molar-refractivity contribution in [3.8, 4) is 0 Å². The minimum absolute atomic E-state index is 0.166. The SMILES string of the molecule is Cc1cc(CC(=O)N2Cc3ccccc3C2)ccc1B1OC(C)(C)C(C)(C)O1. The molecule has 0 bridgehead atoms. The summed E-state index contributed by atoms with van der Waals surface area (Å²) in [6, 6.07) is 14.4. The Labute approximate surface area is 168 Å². The molecule has 2 aromatic rings. The predicted molar refractivity (Wildman–Crippen MR) is 111 cm³/mol. The Morgan fingerprint density at radius 1 is 1.00 bits per heavy atom. The van der Waals surface area contributed by atoms with Crippen LogP contribution in [-0.4, -0.2) is 29.1 Å². The molecule has 0 aromatic heterocycles. The highest BCUT2D eigenvalue weighted by Gasteiger charge is 2.52. The summed E-state index contributed by atoms with van der Waals surface area (Å²) >= 11 is 0. The third-order valence-corrected chi connectivity index (χ3v) is 6.39. The van der Waals surface area contributed by atoms with Gasteiger partial charge in [0.1, 0.15) is 0 Å². The maximum atomic E-state index is 12.8. The van der Waals surface area contributed by atoms with E-state index in [9.17, 15) is 4.79 Å². The first-order chi connectivity index (χ1) is 13.2. The summed E-state index contributed by atoms with van der Waals surface area (Å²) in [4.78, 5) is 14.7. The maximum absolute atomic E-state index is 12.8. The van der Waals surface area contributed by atoms with Crippen LogP contribution in [0.4, 0.5) is 0 Å². The molecule has 4 rings (SSSR count). The average molecular weight is 377 g/mol. The molecule has 28 heavy (non-hydrogen) atoms. The van der Waals surface area contributed by atoms with Crippen molar-refractivity contribution in [2.75, 3.05) is 0 Å².